The molecule has 1 heterocycles. The summed E-state index contributed by atoms with van der Waals surface area (Å²) in [7, 11) is 0. The number of rotatable bonds is 3. The van der Waals surface area contributed by atoms with Gasteiger partial charge in [-0.2, -0.15) is 0 Å². The number of amidine groups is 1. The fraction of sp³-hybridized carbons (Fsp3) is 0.444. The molecule has 0 amide bonds. The van der Waals surface area contributed by atoms with Crippen molar-refractivity contribution in [3.05, 3.63) is 17.5 Å². The third kappa shape index (κ3) is 3.39. The molecule has 1 aromatic rings. The van der Waals surface area contributed by atoms with Gasteiger partial charge in [-0.05, 0) is 26.8 Å². The van der Waals surface area contributed by atoms with Crippen LogP contribution >= 0.6 is 11.8 Å². The van der Waals surface area contributed by atoms with Gasteiger partial charge in [0.05, 0.1) is 5.25 Å². The zero-order chi connectivity index (χ0) is 11.4. The molecule has 0 aromatic carbocycles. The monoisotopic (exact) mass is 226 g/mol. The predicted octanol–water partition coefficient (Wildman–Crippen LogP) is 1.32. The Morgan fingerprint density at radius 3 is 2.47 bits per heavy atom. The quantitative estimate of drug-likeness (QED) is 0.203. The Balaban J connectivity index is 2.81. The first-order valence-electron chi connectivity index (χ1n) is 4.49. The summed E-state index contributed by atoms with van der Waals surface area (Å²) in [5, 5.41) is 12.0. The lowest BCUT2D eigenvalue weighted by molar-refractivity contribution is 0.317. The highest BCUT2D eigenvalue weighted by Gasteiger charge is 2.11. The number of aromatic nitrogens is 2. The van der Waals surface area contributed by atoms with Crippen LogP contribution in [0.2, 0.25) is 0 Å². The van der Waals surface area contributed by atoms with Gasteiger partial charge in [-0.1, -0.05) is 16.9 Å². The molecule has 0 aliphatic heterocycles. The van der Waals surface area contributed by atoms with Gasteiger partial charge < -0.3 is 10.9 Å². The van der Waals surface area contributed by atoms with Crippen molar-refractivity contribution >= 4 is 17.6 Å². The van der Waals surface area contributed by atoms with Crippen molar-refractivity contribution in [1.82, 2.24) is 9.97 Å². The van der Waals surface area contributed by atoms with Gasteiger partial charge in [0.1, 0.15) is 0 Å². The lowest BCUT2D eigenvalue weighted by Crippen LogP contribution is -2.23. The Labute approximate surface area is 92.8 Å². The standard InChI is InChI=1S/C9H14N4OS/c1-5-4-6(2)12-9(11-5)15-7(3)8(10)13-14/h4,7,14H,1-3H3,(H2,10,13). The van der Waals surface area contributed by atoms with Crippen LogP contribution < -0.4 is 5.73 Å². The van der Waals surface area contributed by atoms with Crippen molar-refractivity contribution in [3.8, 4) is 0 Å². The fourth-order valence-corrected chi connectivity index (χ4v) is 1.92. The molecular formula is C9H14N4OS. The summed E-state index contributed by atoms with van der Waals surface area (Å²) in [4.78, 5) is 8.50. The minimum absolute atomic E-state index is 0.142. The molecule has 1 aromatic heterocycles. The summed E-state index contributed by atoms with van der Waals surface area (Å²) < 4.78 is 0. The molecule has 0 saturated heterocycles. The smallest absolute Gasteiger partial charge is 0.188 e. The normalized spacial score (nSPS) is 13.9. The highest BCUT2D eigenvalue weighted by Crippen LogP contribution is 2.19. The Kier molecular flexibility index (Phi) is 3.90. The molecule has 1 atom stereocenters. The topological polar surface area (TPSA) is 84.4 Å². The molecule has 0 spiro atoms. The molecule has 6 heteroatoms. The predicted molar refractivity (Wildman–Crippen MR) is 60.2 cm³/mol. The lowest BCUT2D eigenvalue weighted by Gasteiger charge is -2.08. The molecule has 3 N–H and O–H groups in total. The van der Waals surface area contributed by atoms with E-state index in [4.69, 9.17) is 10.9 Å². The Morgan fingerprint density at radius 2 is 2.00 bits per heavy atom. The number of nitrogens with zero attached hydrogens (tertiary/aromatic N) is 3. The SMILES string of the molecule is Cc1cc(C)nc(SC(C)C(N)=NO)n1. The molecule has 0 radical (unpaired) electrons. The van der Waals surface area contributed by atoms with Crippen LogP contribution in [0.5, 0.6) is 0 Å². The Morgan fingerprint density at radius 1 is 1.47 bits per heavy atom. The minimum atomic E-state index is -0.142. The van der Waals surface area contributed by atoms with Gasteiger partial charge in [0.25, 0.3) is 0 Å². The van der Waals surface area contributed by atoms with Crippen molar-refractivity contribution in [2.24, 2.45) is 10.9 Å². The average Bonchev–Trinajstić information content (AvgIpc) is 2.14. The summed E-state index contributed by atoms with van der Waals surface area (Å²) in [5.41, 5.74) is 7.29. The van der Waals surface area contributed by atoms with E-state index in [2.05, 4.69) is 15.1 Å². The van der Waals surface area contributed by atoms with Crippen LogP contribution in [0.15, 0.2) is 16.4 Å². The summed E-state index contributed by atoms with van der Waals surface area (Å²) in [5.74, 6) is 0.169. The first-order valence-corrected chi connectivity index (χ1v) is 5.37. The van der Waals surface area contributed by atoms with E-state index in [0.717, 1.165) is 11.4 Å². The Hall–Kier alpha value is -1.30. The van der Waals surface area contributed by atoms with E-state index in [1.54, 1.807) is 0 Å². The number of oxime groups is 1. The maximum Gasteiger partial charge on any atom is 0.188 e. The lowest BCUT2D eigenvalue weighted by atomic mass is 10.4. The van der Waals surface area contributed by atoms with Crippen molar-refractivity contribution in [2.45, 2.75) is 31.2 Å². The van der Waals surface area contributed by atoms with E-state index in [0.29, 0.717) is 5.16 Å². The number of nitrogens with two attached hydrogens (primary N) is 1. The van der Waals surface area contributed by atoms with Gasteiger partial charge in [0.15, 0.2) is 11.0 Å². The molecule has 15 heavy (non-hydrogen) atoms. The van der Waals surface area contributed by atoms with E-state index >= 15 is 0 Å². The highest BCUT2D eigenvalue weighted by molar-refractivity contribution is 8.00. The maximum atomic E-state index is 8.50. The molecule has 82 valence electrons. The van der Waals surface area contributed by atoms with Crippen LogP contribution in [0.3, 0.4) is 0 Å². The molecule has 0 aliphatic carbocycles. The largest absolute Gasteiger partial charge is 0.409 e. The number of hydrogen-bond donors (Lipinski definition) is 2. The van der Waals surface area contributed by atoms with E-state index in [9.17, 15) is 0 Å². The van der Waals surface area contributed by atoms with Crippen molar-refractivity contribution in [1.29, 1.82) is 0 Å². The minimum Gasteiger partial charge on any atom is -0.409 e. The van der Waals surface area contributed by atoms with Crippen LogP contribution in [0.1, 0.15) is 18.3 Å². The first kappa shape index (κ1) is 11.8. The van der Waals surface area contributed by atoms with Gasteiger partial charge in [-0.25, -0.2) is 9.97 Å². The number of hydrogen-bond acceptors (Lipinski definition) is 5. The molecule has 0 bridgehead atoms. The molecule has 1 rings (SSSR count). The first-order chi connectivity index (χ1) is 7.02. The molecule has 0 fully saturated rings. The summed E-state index contributed by atoms with van der Waals surface area (Å²) >= 11 is 1.37. The zero-order valence-corrected chi connectivity index (χ0v) is 9.75. The molecule has 5 nitrogen and oxygen atoms in total. The van der Waals surface area contributed by atoms with Crippen LogP contribution in [-0.2, 0) is 0 Å². The van der Waals surface area contributed by atoms with Crippen LogP contribution in [0.25, 0.3) is 0 Å². The van der Waals surface area contributed by atoms with E-state index < -0.39 is 0 Å². The second-order valence-corrected chi connectivity index (χ2v) is 4.53. The zero-order valence-electron chi connectivity index (χ0n) is 8.93. The van der Waals surface area contributed by atoms with E-state index in [-0.39, 0.29) is 11.1 Å². The van der Waals surface area contributed by atoms with Gasteiger partial charge in [-0.15, -0.1) is 0 Å². The van der Waals surface area contributed by atoms with Crippen molar-refractivity contribution in [2.75, 3.05) is 0 Å². The molecule has 0 aliphatic rings. The summed E-state index contributed by atoms with van der Waals surface area (Å²) in [6.07, 6.45) is 0. The van der Waals surface area contributed by atoms with Gasteiger partial charge in [0.2, 0.25) is 0 Å². The number of thioether (sulfide) groups is 1. The van der Waals surface area contributed by atoms with Gasteiger partial charge in [-0.3, -0.25) is 0 Å². The fourth-order valence-electron chi connectivity index (χ4n) is 1.05. The van der Waals surface area contributed by atoms with E-state index in [1.165, 1.54) is 11.8 Å². The van der Waals surface area contributed by atoms with Crippen molar-refractivity contribution < 1.29 is 5.21 Å². The highest BCUT2D eigenvalue weighted by atomic mass is 32.2. The van der Waals surface area contributed by atoms with Crippen LogP contribution in [-0.4, -0.2) is 26.3 Å². The number of aryl methyl sites for hydroxylation is 2. The second-order valence-electron chi connectivity index (χ2n) is 3.22. The van der Waals surface area contributed by atoms with Crippen LogP contribution in [0.4, 0.5) is 0 Å². The van der Waals surface area contributed by atoms with Crippen molar-refractivity contribution in [3.63, 3.8) is 0 Å². The third-order valence-corrected chi connectivity index (χ3v) is 2.76. The van der Waals surface area contributed by atoms with E-state index in [1.807, 2.05) is 26.8 Å². The maximum absolute atomic E-state index is 8.50. The van der Waals surface area contributed by atoms with Crippen LogP contribution in [0, 0.1) is 13.8 Å². The summed E-state index contributed by atoms with van der Waals surface area (Å²) in [6.45, 7) is 5.65. The third-order valence-electron chi connectivity index (χ3n) is 1.78. The molecule has 1 unspecified atom stereocenters. The summed E-state index contributed by atoms with van der Waals surface area (Å²) in [6, 6.07) is 1.90. The molecular weight excluding hydrogens is 212 g/mol. The van der Waals surface area contributed by atoms with Gasteiger partial charge in [0, 0.05) is 11.4 Å². The van der Waals surface area contributed by atoms with Gasteiger partial charge >= 0.3 is 0 Å². The Bertz CT molecular complexity index is 360. The second kappa shape index (κ2) is 4.97. The molecule has 0 saturated carbocycles. The average molecular weight is 226 g/mol.